The molecule has 1 aromatic carbocycles. The monoisotopic (exact) mass is 479 g/mol. The van der Waals surface area contributed by atoms with Gasteiger partial charge < -0.3 is 15.2 Å². The number of aromatic nitrogens is 2. The van der Waals surface area contributed by atoms with Gasteiger partial charge in [-0.25, -0.2) is 13.4 Å². The molecule has 0 bridgehead atoms. The van der Waals surface area contributed by atoms with E-state index < -0.39 is 10.0 Å². The summed E-state index contributed by atoms with van der Waals surface area (Å²) in [5, 5.41) is 5.56. The molecule has 33 heavy (non-hydrogen) atoms. The Kier molecular flexibility index (Phi) is 10.3. The molecule has 184 valence electrons. The number of carbonyl (C=O) groups excluding carboxylic acids is 2. The number of fused-ring (bicyclic) bond motifs is 1. The Hall–Kier alpha value is -2.46. The predicted molar refractivity (Wildman–Crippen MR) is 129 cm³/mol. The van der Waals surface area contributed by atoms with Crippen molar-refractivity contribution in [3.05, 3.63) is 24.0 Å². The van der Waals surface area contributed by atoms with Gasteiger partial charge >= 0.3 is 0 Å². The van der Waals surface area contributed by atoms with Gasteiger partial charge in [-0.2, -0.15) is 4.31 Å². The van der Waals surface area contributed by atoms with Gasteiger partial charge in [0.15, 0.2) is 0 Å². The van der Waals surface area contributed by atoms with Crippen LogP contribution in [0.25, 0.3) is 11.0 Å². The fraction of sp³-hybridized carbons (Fsp3) is 0.609. The first-order valence-electron chi connectivity index (χ1n) is 11.8. The zero-order chi connectivity index (χ0) is 24.4. The largest absolute Gasteiger partial charge is 0.356 e. The molecule has 2 aromatic rings. The third-order valence-electron chi connectivity index (χ3n) is 5.41. The summed E-state index contributed by atoms with van der Waals surface area (Å²) < 4.78 is 29.2. The summed E-state index contributed by atoms with van der Waals surface area (Å²) in [6, 6.07) is 5.05. The minimum Gasteiger partial charge on any atom is -0.356 e. The molecule has 2 rings (SSSR count). The van der Waals surface area contributed by atoms with E-state index in [0.717, 1.165) is 30.7 Å². The number of hydrogen-bond donors (Lipinski definition) is 2. The average Bonchev–Trinajstić information content (AvgIpc) is 3.14. The summed E-state index contributed by atoms with van der Waals surface area (Å²) in [7, 11) is -3.57. The molecule has 1 aromatic heterocycles. The summed E-state index contributed by atoms with van der Waals surface area (Å²) in [4.78, 5) is 28.8. The van der Waals surface area contributed by atoms with Crippen molar-refractivity contribution in [3.63, 3.8) is 0 Å². The van der Waals surface area contributed by atoms with Crippen LogP contribution in [0.1, 0.15) is 59.2 Å². The van der Waals surface area contributed by atoms with E-state index >= 15 is 0 Å². The van der Waals surface area contributed by atoms with Gasteiger partial charge in [0, 0.05) is 52.0 Å². The first kappa shape index (κ1) is 26.8. The molecule has 0 fully saturated rings. The van der Waals surface area contributed by atoms with Crippen LogP contribution >= 0.6 is 0 Å². The smallest absolute Gasteiger partial charge is 0.243 e. The van der Waals surface area contributed by atoms with Gasteiger partial charge in [-0.3, -0.25) is 9.59 Å². The lowest BCUT2D eigenvalue weighted by molar-refractivity contribution is -0.122. The fourth-order valence-corrected chi connectivity index (χ4v) is 5.16. The second-order valence-corrected chi connectivity index (χ2v) is 9.81. The first-order chi connectivity index (χ1) is 15.8. The van der Waals surface area contributed by atoms with E-state index in [4.69, 9.17) is 0 Å². The van der Waals surface area contributed by atoms with E-state index in [9.17, 15) is 18.0 Å². The SMILES string of the molecule is CCCNC(=O)CCNC(=O)CCc1nc2cc(S(=O)(=O)N(CC)CC)ccc2n1CCC. The van der Waals surface area contributed by atoms with E-state index in [0.29, 0.717) is 38.1 Å². The standard InChI is InChI=1S/C23H37N5O4S/c1-5-14-24-23(30)13-15-25-22(29)12-11-21-26-19-17-18(33(31,32)27(7-3)8-4)9-10-20(19)28(21)16-6-2/h9-10,17H,5-8,11-16H2,1-4H3,(H,24,30)(H,25,29). The molecule has 0 saturated heterocycles. The lowest BCUT2D eigenvalue weighted by Crippen LogP contribution is -2.31. The summed E-state index contributed by atoms with van der Waals surface area (Å²) >= 11 is 0. The molecule has 0 aliphatic carbocycles. The molecule has 1 heterocycles. The van der Waals surface area contributed by atoms with Crippen LogP contribution in [0.2, 0.25) is 0 Å². The Morgan fingerprint density at radius 3 is 2.27 bits per heavy atom. The number of imidazole rings is 1. The molecule has 0 saturated carbocycles. The fourth-order valence-electron chi connectivity index (χ4n) is 3.68. The zero-order valence-corrected chi connectivity index (χ0v) is 21.0. The number of rotatable bonds is 14. The van der Waals surface area contributed by atoms with E-state index in [1.165, 1.54) is 4.31 Å². The maximum absolute atomic E-state index is 12.9. The number of carbonyl (C=O) groups is 2. The number of nitrogens with zero attached hydrogens (tertiary/aromatic N) is 3. The van der Waals surface area contributed by atoms with Crippen molar-refractivity contribution in [2.24, 2.45) is 0 Å². The van der Waals surface area contributed by atoms with Gasteiger partial charge in [0.2, 0.25) is 21.8 Å². The van der Waals surface area contributed by atoms with E-state index in [1.807, 2.05) is 20.8 Å². The molecular weight excluding hydrogens is 442 g/mol. The first-order valence-corrected chi connectivity index (χ1v) is 13.2. The highest BCUT2D eigenvalue weighted by Crippen LogP contribution is 2.24. The van der Waals surface area contributed by atoms with Gasteiger partial charge in [0.05, 0.1) is 15.9 Å². The highest BCUT2D eigenvalue weighted by atomic mass is 32.2. The van der Waals surface area contributed by atoms with E-state index in [-0.39, 0.29) is 29.6 Å². The van der Waals surface area contributed by atoms with E-state index in [2.05, 4.69) is 27.1 Å². The number of benzene rings is 1. The number of nitrogens with one attached hydrogen (secondary N) is 2. The van der Waals surface area contributed by atoms with Crippen LogP contribution in [0.15, 0.2) is 23.1 Å². The summed E-state index contributed by atoms with van der Waals surface area (Å²) in [5.74, 6) is 0.538. The number of sulfonamides is 1. The third kappa shape index (κ3) is 7.01. The zero-order valence-electron chi connectivity index (χ0n) is 20.2. The molecule has 2 N–H and O–H groups in total. The molecule has 0 aliphatic rings. The van der Waals surface area contributed by atoms with E-state index in [1.54, 1.807) is 18.2 Å². The molecule has 2 amide bonds. The molecule has 0 atom stereocenters. The second kappa shape index (κ2) is 12.7. The molecular formula is C23H37N5O4S. The Bertz CT molecular complexity index is 1040. The maximum atomic E-state index is 12.9. The van der Waals surface area contributed by atoms with Crippen molar-refractivity contribution in [3.8, 4) is 0 Å². The Labute approximate surface area is 197 Å². The molecule has 0 spiro atoms. The Morgan fingerprint density at radius 2 is 1.64 bits per heavy atom. The Morgan fingerprint density at radius 1 is 0.970 bits per heavy atom. The predicted octanol–water partition coefficient (Wildman–Crippen LogP) is 2.44. The maximum Gasteiger partial charge on any atom is 0.243 e. The van der Waals surface area contributed by atoms with Crippen LogP contribution in [-0.4, -0.2) is 60.3 Å². The van der Waals surface area contributed by atoms with Crippen molar-refractivity contribution in [1.82, 2.24) is 24.5 Å². The van der Waals surface area contributed by atoms with Crippen molar-refractivity contribution in [1.29, 1.82) is 0 Å². The number of amides is 2. The normalized spacial score (nSPS) is 11.8. The van der Waals surface area contributed by atoms with Gasteiger partial charge in [-0.15, -0.1) is 0 Å². The van der Waals surface area contributed by atoms with Crippen LogP contribution in [0.3, 0.4) is 0 Å². The highest BCUT2D eigenvalue weighted by Gasteiger charge is 2.23. The van der Waals surface area contributed by atoms with Crippen molar-refractivity contribution < 1.29 is 18.0 Å². The minimum absolute atomic E-state index is 0.0719. The van der Waals surface area contributed by atoms with Gasteiger partial charge in [-0.1, -0.05) is 27.7 Å². The van der Waals surface area contributed by atoms with Crippen LogP contribution < -0.4 is 10.6 Å². The molecule has 0 aliphatic heterocycles. The van der Waals surface area contributed by atoms with Crippen LogP contribution in [0, 0.1) is 0 Å². The third-order valence-corrected chi connectivity index (χ3v) is 7.46. The average molecular weight is 480 g/mol. The Balaban J connectivity index is 2.12. The topological polar surface area (TPSA) is 113 Å². The van der Waals surface area contributed by atoms with Crippen molar-refractivity contribution in [2.45, 2.75) is 71.2 Å². The van der Waals surface area contributed by atoms with Gasteiger partial charge in [-0.05, 0) is 31.0 Å². The molecule has 9 nitrogen and oxygen atoms in total. The minimum atomic E-state index is -3.57. The molecule has 0 unspecified atom stereocenters. The van der Waals surface area contributed by atoms with Crippen LogP contribution in [0.4, 0.5) is 0 Å². The number of hydrogen-bond acceptors (Lipinski definition) is 5. The van der Waals surface area contributed by atoms with Crippen LogP contribution in [0.5, 0.6) is 0 Å². The van der Waals surface area contributed by atoms with Gasteiger partial charge in [0.1, 0.15) is 5.82 Å². The van der Waals surface area contributed by atoms with Crippen molar-refractivity contribution >= 4 is 32.9 Å². The molecule has 10 heteroatoms. The quantitative estimate of drug-likeness (QED) is 0.432. The van der Waals surface area contributed by atoms with Crippen LogP contribution in [-0.2, 0) is 32.6 Å². The summed E-state index contributed by atoms with van der Waals surface area (Å²) in [5.41, 5.74) is 1.47. The lowest BCUT2D eigenvalue weighted by atomic mass is 10.2. The molecule has 0 radical (unpaired) electrons. The lowest BCUT2D eigenvalue weighted by Gasteiger charge is -2.18. The second-order valence-electron chi connectivity index (χ2n) is 7.87. The van der Waals surface area contributed by atoms with Gasteiger partial charge in [0.25, 0.3) is 0 Å². The van der Waals surface area contributed by atoms with Crippen molar-refractivity contribution in [2.75, 3.05) is 26.2 Å². The number of aryl methyl sites for hydroxylation is 2. The summed E-state index contributed by atoms with van der Waals surface area (Å²) in [6.45, 7) is 10.2. The summed E-state index contributed by atoms with van der Waals surface area (Å²) in [6.07, 6.45) is 2.69. The highest BCUT2D eigenvalue weighted by molar-refractivity contribution is 7.89.